The van der Waals surface area contributed by atoms with E-state index in [2.05, 4.69) is 0 Å². The molecule has 0 aromatic heterocycles. The minimum atomic E-state index is -4.22. The van der Waals surface area contributed by atoms with Crippen LogP contribution in [0.5, 0.6) is 0 Å². The van der Waals surface area contributed by atoms with Crippen molar-refractivity contribution in [2.45, 2.75) is 17.4 Å². The number of benzene rings is 2. The van der Waals surface area contributed by atoms with Gasteiger partial charge in [0.05, 0.1) is 0 Å². The number of amides is 1. The Hall–Kier alpha value is -1.93. The van der Waals surface area contributed by atoms with Gasteiger partial charge in [0.25, 0.3) is 5.91 Å². The zero-order valence-electron chi connectivity index (χ0n) is 13.0. The Morgan fingerprint density at radius 3 is 2.52 bits per heavy atom. The summed E-state index contributed by atoms with van der Waals surface area (Å²) in [6.07, 6.45) is 0.803. The van der Waals surface area contributed by atoms with Crippen LogP contribution in [0.1, 0.15) is 21.9 Å². The first kappa shape index (κ1) is 17.9. The standard InChI is InChI=1S/C17H15F2NO3S2/c18-14-6-3-7-15(19)13(14)10-25(22,23)20-17(21)16-12-5-2-1-4-11(12)8-9-24-16/h1-7,16H,8-10H2,(H,20,21)/t16-/m1/s1. The van der Waals surface area contributed by atoms with Crippen molar-refractivity contribution in [3.63, 3.8) is 0 Å². The second-order valence-electron chi connectivity index (χ2n) is 5.63. The van der Waals surface area contributed by atoms with Gasteiger partial charge in [0.2, 0.25) is 10.0 Å². The molecule has 1 N–H and O–H groups in total. The van der Waals surface area contributed by atoms with E-state index in [1.54, 1.807) is 12.1 Å². The number of nitrogens with one attached hydrogen (secondary N) is 1. The number of fused-ring (bicyclic) bond motifs is 1. The van der Waals surface area contributed by atoms with Crippen LogP contribution < -0.4 is 4.72 Å². The highest BCUT2D eigenvalue weighted by Gasteiger charge is 2.30. The molecule has 3 rings (SSSR count). The van der Waals surface area contributed by atoms with E-state index >= 15 is 0 Å². The molecule has 132 valence electrons. The molecule has 4 nitrogen and oxygen atoms in total. The van der Waals surface area contributed by atoms with Crippen molar-refractivity contribution >= 4 is 27.7 Å². The zero-order valence-corrected chi connectivity index (χ0v) is 14.7. The average Bonchev–Trinajstić information content (AvgIpc) is 2.57. The number of carbonyl (C=O) groups excluding carboxylic acids is 1. The first-order chi connectivity index (χ1) is 11.9. The van der Waals surface area contributed by atoms with Crippen LogP contribution in [0.4, 0.5) is 8.78 Å². The van der Waals surface area contributed by atoms with Gasteiger partial charge in [-0.3, -0.25) is 9.52 Å². The van der Waals surface area contributed by atoms with Gasteiger partial charge >= 0.3 is 0 Å². The second-order valence-corrected chi connectivity index (χ2v) is 8.56. The van der Waals surface area contributed by atoms with Crippen LogP contribution in [-0.2, 0) is 27.0 Å². The number of thioether (sulfide) groups is 1. The van der Waals surface area contributed by atoms with E-state index in [9.17, 15) is 22.0 Å². The normalized spacial score (nSPS) is 17.0. The van der Waals surface area contributed by atoms with Gasteiger partial charge in [-0.05, 0) is 35.4 Å². The van der Waals surface area contributed by atoms with Gasteiger partial charge in [-0.2, -0.15) is 0 Å². The third-order valence-electron chi connectivity index (χ3n) is 3.88. The van der Waals surface area contributed by atoms with Gasteiger partial charge in [-0.25, -0.2) is 17.2 Å². The Labute approximate surface area is 148 Å². The van der Waals surface area contributed by atoms with E-state index in [1.807, 2.05) is 16.9 Å². The van der Waals surface area contributed by atoms with Gasteiger partial charge in [0, 0.05) is 5.56 Å². The average molecular weight is 383 g/mol. The zero-order chi connectivity index (χ0) is 18.0. The predicted molar refractivity (Wildman–Crippen MR) is 92.5 cm³/mol. The lowest BCUT2D eigenvalue weighted by Gasteiger charge is -2.24. The van der Waals surface area contributed by atoms with Gasteiger partial charge in [-0.1, -0.05) is 30.3 Å². The Balaban J connectivity index is 1.79. The first-order valence-electron chi connectivity index (χ1n) is 7.54. The molecule has 0 aliphatic carbocycles. The van der Waals surface area contributed by atoms with E-state index < -0.39 is 44.1 Å². The van der Waals surface area contributed by atoms with E-state index in [4.69, 9.17) is 0 Å². The van der Waals surface area contributed by atoms with Crippen molar-refractivity contribution in [2.24, 2.45) is 0 Å². The molecule has 1 aliphatic rings. The SMILES string of the molecule is O=C(NS(=O)(=O)Cc1c(F)cccc1F)[C@@H]1SCCc2ccccc21. The molecular formula is C17H15F2NO3S2. The van der Waals surface area contributed by atoms with Crippen molar-refractivity contribution in [1.29, 1.82) is 0 Å². The van der Waals surface area contributed by atoms with Crippen molar-refractivity contribution < 1.29 is 22.0 Å². The van der Waals surface area contributed by atoms with Crippen molar-refractivity contribution in [3.05, 3.63) is 70.8 Å². The Morgan fingerprint density at radius 1 is 1.12 bits per heavy atom. The molecule has 2 aromatic carbocycles. The lowest BCUT2D eigenvalue weighted by Crippen LogP contribution is -2.36. The molecule has 8 heteroatoms. The monoisotopic (exact) mass is 383 g/mol. The number of rotatable bonds is 4. The quantitative estimate of drug-likeness (QED) is 0.882. The number of hydrogen-bond acceptors (Lipinski definition) is 4. The minimum absolute atomic E-state index is 0.584. The third kappa shape index (κ3) is 4.01. The van der Waals surface area contributed by atoms with E-state index in [-0.39, 0.29) is 0 Å². The number of hydrogen-bond donors (Lipinski definition) is 1. The first-order valence-corrected chi connectivity index (χ1v) is 10.2. The largest absolute Gasteiger partial charge is 0.272 e. The molecule has 1 atom stereocenters. The van der Waals surface area contributed by atoms with E-state index in [1.165, 1.54) is 11.8 Å². The smallest absolute Gasteiger partial charge is 0.251 e. The number of aryl methyl sites for hydroxylation is 1. The summed E-state index contributed by atoms with van der Waals surface area (Å²) in [5, 5.41) is -0.662. The summed E-state index contributed by atoms with van der Waals surface area (Å²) >= 11 is 1.34. The summed E-state index contributed by atoms with van der Waals surface area (Å²) in [4.78, 5) is 12.4. The summed E-state index contributed by atoms with van der Waals surface area (Å²) < 4.78 is 53.6. The van der Waals surface area contributed by atoms with Crippen LogP contribution >= 0.6 is 11.8 Å². The van der Waals surface area contributed by atoms with Crippen LogP contribution in [-0.4, -0.2) is 20.1 Å². The van der Waals surface area contributed by atoms with E-state index in [0.717, 1.165) is 35.7 Å². The van der Waals surface area contributed by atoms with Crippen molar-refractivity contribution in [2.75, 3.05) is 5.75 Å². The fourth-order valence-electron chi connectivity index (χ4n) is 2.71. The molecule has 0 radical (unpaired) electrons. The molecule has 0 fully saturated rings. The van der Waals surface area contributed by atoms with Gasteiger partial charge in [-0.15, -0.1) is 11.8 Å². The lowest BCUT2D eigenvalue weighted by molar-refractivity contribution is -0.118. The van der Waals surface area contributed by atoms with Gasteiger partial charge in [0.15, 0.2) is 0 Å². The Bertz CT molecular complexity index is 896. The van der Waals surface area contributed by atoms with Crippen LogP contribution in [0, 0.1) is 11.6 Å². The van der Waals surface area contributed by atoms with Crippen LogP contribution in [0.3, 0.4) is 0 Å². The number of carbonyl (C=O) groups is 1. The van der Waals surface area contributed by atoms with Crippen molar-refractivity contribution in [3.8, 4) is 0 Å². The predicted octanol–water partition coefficient (Wildman–Crippen LogP) is 2.94. The highest BCUT2D eigenvalue weighted by Crippen LogP contribution is 2.36. The van der Waals surface area contributed by atoms with Gasteiger partial charge in [0.1, 0.15) is 22.6 Å². The third-order valence-corrected chi connectivity index (χ3v) is 6.31. The van der Waals surface area contributed by atoms with Crippen LogP contribution in [0.15, 0.2) is 42.5 Å². The molecule has 25 heavy (non-hydrogen) atoms. The molecule has 0 spiro atoms. The fraction of sp³-hybridized carbons (Fsp3) is 0.235. The Morgan fingerprint density at radius 2 is 1.80 bits per heavy atom. The summed E-state index contributed by atoms with van der Waals surface area (Å²) in [5.41, 5.74) is 1.18. The maximum Gasteiger partial charge on any atom is 0.251 e. The maximum absolute atomic E-state index is 13.6. The summed E-state index contributed by atoms with van der Waals surface area (Å²) in [6, 6.07) is 10.4. The Kier molecular flexibility index (Phi) is 5.10. The molecule has 1 heterocycles. The van der Waals surface area contributed by atoms with Gasteiger partial charge < -0.3 is 0 Å². The molecule has 0 unspecified atom stereocenters. The summed E-state index contributed by atoms with van der Waals surface area (Å²) in [7, 11) is -4.22. The molecule has 1 aliphatic heterocycles. The maximum atomic E-state index is 13.6. The highest BCUT2D eigenvalue weighted by molar-refractivity contribution is 8.00. The molecule has 0 saturated carbocycles. The number of halogens is 2. The number of sulfonamides is 1. The molecule has 0 saturated heterocycles. The molecule has 2 aromatic rings. The van der Waals surface area contributed by atoms with Crippen LogP contribution in [0.25, 0.3) is 0 Å². The summed E-state index contributed by atoms with van der Waals surface area (Å²) in [6.45, 7) is 0. The topological polar surface area (TPSA) is 63.2 Å². The van der Waals surface area contributed by atoms with Crippen LogP contribution in [0.2, 0.25) is 0 Å². The van der Waals surface area contributed by atoms with Crippen molar-refractivity contribution in [1.82, 2.24) is 4.72 Å². The summed E-state index contributed by atoms with van der Waals surface area (Å²) in [5.74, 6) is -2.87. The molecule has 1 amide bonds. The minimum Gasteiger partial charge on any atom is -0.272 e. The van der Waals surface area contributed by atoms with E-state index in [0.29, 0.717) is 5.75 Å². The molecule has 0 bridgehead atoms. The lowest BCUT2D eigenvalue weighted by atomic mass is 10.0. The highest BCUT2D eigenvalue weighted by atomic mass is 32.2. The molecular weight excluding hydrogens is 368 g/mol. The second kappa shape index (κ2) is 7.13. The fourth-order valence-corrected chi connectivity index (χ4v) is 5.13.